The molecule has 1 aliphatic rings. The van der Waals surface area contributed by atoms with Crippen molar-refractivity contribution in [2.24, 2.45) is 5.73 Å². The van der Waals surface area contributed by atoms with Crippen LogP contribution in [0.1, 0.15) is 12.0 Å². The maximum absolute atomic E-state index is 13.1. The van der Waals surface area contributed by atoms with E-state index < -0.39 is 29.0 Å². The lowest BCUT2D eigenvalue weighted by Crippen LogP contribution is -2.51. The van der Waals surface area contributed by atoms with Crippen molar-refractivity contribution in [3.05, 3.63) is 29.6 Å². The first-order valence-corrected chi connectivity index (χ1v) is 5.77. The van der Waals surface area contributed by atoms with Gasteiger partial charge >= 0.3 is 6.18 Å². The first kappa shape index (κ1) is 14.7. The Morgan fingerprint density at radius 1 is 1.40 bits per heavy atom. The molecule has 0 spiro atoms. The van der Waals surface area contributed by atoms with Gasteiger partial charge in [-0.15, -0.1) is 0 Å². The van der Waals surface area contributed by atoms with Crippen molar-refractivity contribution in [2.45, 2.75) is 18.1 Å². The van der Waals surface area contributed by atoms with Gasteiger partial charge in [0.25, 0.3) is 0 Å². The highest BCUT2D eigenvalue weighted by atomic mass is 19.4. The fraction of sp³-hybridized carbons (Fsp3) is 0.417. The van der Waals surface area contributed by atoms with Crippen molar-refractivity contribution in [3.63, 3.8) is 0 Å². The standard InChI is InChI=1S/C12H12F4N2O2/c13-9-2-1-7(5-8(9)12(14,15)16)18-10(19)11(17)3-4-20-6-11/h1-2,5H,3-4,6,17H2,(H,18,19). The number of nitrogens with two attached hydrogens (primary N) is 1. The molecule has 1 aliphatic heterocycles. The fourth-order valence-corrected chi connectivity index (χ4v) is 1.84. The number of nitrogens with one attached hydrogen (secondary N) is 1. The number of ether oxygens (including phenoxy) is 1. The number of anilines is 1. The molecule has 1 aromatic carbocycles. The molecule has 1 saturated heterocycles. The van der Waals surface area contributed by atoms with E-state index >= 15 is 0 Å². The van der Waals surface area contributed by atoms with Gasteiger partial charge < -0.3 is 15.8 Å². The molecule has 4 nitrogen and oxygen atoms in total. The smallest absolute Gasteiger partial charge is 0.379 e. The highest BCUT2D eigenvalue weighted by Crippen LogP contribution is 2.33. The van der Waals surface area contributed by atoms with Gasteiger partial charge in [0.15, 0.2) is 0 Å². The summed E-state index contributed by atoms with van der Waals surface area (Å²) in [4.78, 5) is 11.9. The van der Waals surface area contributed by atoms with Crippen molar-refractivity contribution in [1.29, 1.82) is 0 Å². The maximum Gasteiger partial charge on any atom is 0.419 e. The van der Waals surface area contributed by atoms with E-state index in [1.165, 1.54) is 0 Å². The van der Waals surface area contributed by atoms with Crippen molar-refractivity contribution in [1.82, 2.24) is 0 Å². The number of hydrogen-bond acceptors (Lipinski definition) is 3. The zero-order valence-corrected chi connectivity index (χ0v) is 10.3. The number of amides is 1. The molecule has 1 aromatic rings. The third-order valence-corrected chi connectivity index (χ3v) is 3.03. The van der Waals surface area contributed by atoms with E-state index in [1.807, 2.05) is 0 Å². The van der Waals surface area contributed by atoms with Crippen LogP contribution in [-0.4, -0.2) is 24.7 Å². The van der Waals surface area contributed by atoms with Crippen LogP contribution in [0.2, 0.25) is 0 Å². The molecule has 2 rings (SSSR count). The number of hydrogen-bond donors (Lipinski definition) is 2. The van der Waals surface area contributed by atoms with Crippen molar-refractivity contribution in [3.8, 4) is 0 Å². The first-order valence-electron chi connectivity index (χ1n) is 5.77. The molecule has 0 radical (unpaired) electrons. The summed E-state index contributed by atoms with van der Waals surface area (Å²) in [6.45, 7) is 0.299. The van der Waals surface area contributed by atoms with Crippen LogP contribution < -0.4 is 11.1 Å². The Morgan fingerprint density at radius 2 is 2.10 bits per heavy atom. The summed E-state index contributed by atoms with van der Waals surface area (Å²) >= 11 is 0. The molecule has 1 amide bonds. The minimum absolute atomic E-state index is 0.00778. The molecule has 1 atom stereocenters. The molecule has 1 heterocycles. The van der Waals surface area contributed by atoms with E-state index in [0.717, 1.165) is 6.07 Å². The second kappa shape index (κ2) is 5.02. The predicted octanol–water partition coefficient (Wildman–Crippen LogP) is 1.90. The number of alkyl halides is 3. The van der Waals surface area contributed by atoms with Crippen molar-refractivity contribution < 1.29 is 27.1 Å². The van der Waals surface area contributed by atoms with Gasteiger partial charge in [0.2, 0.25) is 5.91 Å². The molecule has 110 valence electrons. The lowest BCUT2D eigenvalue weighted by atomic mass is 9.99. The fourth-order valence-electron chi connectivity index (χ4n) is 1.84. The third-order valence-electron chi connectivity index (χ3n) is 3.03. The first-order chi connectivity index (χ1) is 9.22. The van der Waals surface area contributed by atoms with Crippen molar-refractivity contribution in [2.75, 3.05) is 18.5 Å². The van der Waals surface area contributed by atoms with Gasteiger partial charge in [-0.25, -0.2) is 4.39 Å². The van der Waals surface area contributed by atoms with Crippen LogP contribution in [0.4, 0.5) is 23.2 Å². The van der Waals surface area contributed by atoms with E-state index in [9.17, 15) is 22.4 Å². The Morgan fingerprint density at radius 3 is 2.65 bits per heavy atom. The quantitative estimate of drug-likeness (QED) is 0.818. The largest absolute Gasteiger partial charge is 0.419 e. The summed E-state index contributed by atoms with van der Waals surface area (Å²) in [5, 5.41) is 2.25. The van der Waals surface area contributed by atoms with E-state index in [-0.39, 0.29) is 18.7 Å². The SMILES string of the molecule is NC1(C(=O)Nc2ccc(F)c(C(F)(F)F)c2)CCOC1. The molecule has 0 aromatic heterocycles. The lowest BCUT2D eigenvalue weighted by molar-refractivity contribution is -0.140. The topological polar surface area (TPSA) is 64.4 Å². The summed E-state index contributed by atoms with van der Waals surface area (Å²) in [6, 6.07) is 2.22. The van der Waals surface area contributed by atoms with E-state index in [4.69, 9.17) is 10.5 Å². The van der Waals surface area contributed by atoms with Gasteiger partial charge in [-0.05, 0) is 24.6 Å². The highest BCUT2D eigenvalue weighted by Gasteiger charge is 2.39. The summed E-state index contributed by atoms with van der Waals surface area (Å²) in [5.41, 5.74) is 2.89. The number of benzene rings is 1. The minimum Gasteiger partial charge on any atom is -0.379 e. The second-order valence-corrected chi connectivity index (χ2v) is 4.61. The van der Waals surface area contributed by atoms with Gasteiger partial charge in [0.1, 0.15) is 11.4 Å². The zero-order chi connectivity index (χ0) is 15.0. The highest BCUT2D eigenvalue weighted by molar-refractivity contribution is 5.98. The van der Waals surface area contributed by atoms with Crippen LogP contribution in [0.15, 0.2) is 18.2 Å². The summed E-state index contributed by atoms with van der Waals surface area (Å²) in [5.74, 6) is -2.06. The van der Waals surface area contributed by atoms with Gasteiger partial charge in [-0.1, -0.05) is 0 Å². The Kier molecular flexibility index (Phi) is 3.70. The third kappa shape index (κ3) is 2.91. The Labute approximate surface area is 111 Å². The molecule has 0 saturated carbocycles. The number of halogens is 4. The molecule has 0 bridgehead atoms. The summed E-state index contributed by atoms with van der Waals surface area (Å²) in [7, 11) is 0. The van der Waals surface area contributed by atoms with Crippen LogP contribution in [0.5, 0.6) is 0 Å². The number of carbonyl (C=O) groups is 1. The zero-order valence-electron chi connectivity index (χ0n) is 10.3. The van der Waals surface area contributed by atoms with E-state index in [2.05, 4.69) is 5.32 Å². The normalized spacial score (nSPS) is 22.9. The van der Waals surface area contributed by atoms with E-state index in [0.29, 0.717) is 18.7 Å². The van der Waals surface area contributed by atoms with Crippen LogP contribution in [0.25, 0.3) is 0 Å². The average molecular weight is 292 g/mol. The van der Waals surface area contributed by atoms with Crippen LogP contribution >= 0.6 is 0 Å². The lowest BCUT2D eigenvalue weighted by Gasteiger charge is -2.21. The van der Waals surface area contributed by atoms with Crippen LogP contribution in [-0.2, 0) is 15.7 Å². The molecular formula is C12H12F4N2O2. The maximum atomic E-state index is 13.1. The van der Waals surface area contributed by atoms with Gasteiger partial charge in [-0.3, -0.25) is 4.79 Å². The Hall–Kier alpha value is -1.67. The van der Waals surface area contributed by atoms with Gasteiger partial charge in [0.05, 0.1) is 12.2 Å². The molecule has 8 heteroatoms. The minimum atomic E-state index is -4.83. The Bertz CT molecular complexity index is 525. The molecule has 1 fully saturated rings. The average Bonchev–Trinajstić information content (AvgIpc) is 2.78. The van der Waals surface area contributed by atoms with Crippen LogP contribution in [0, 0.1) is 5.82 Å². The van der Waals surface area contributed by atoms with Crippen LogP contribution in [0.3, 0.4) is 0 Å². The molecule has 3 N–H and O–H groups in total. The molecule has 20 heavy (non-hydrogen) atoms. The summed E-state index contributed by atoms with van der Waals surface area (Å²) < 4.78 is 55.7. The number of carbonyl (C=O) groups excluding carboxylic acids is 1. The van der Waals surface area contributed by atoms with E-state index in [1.54, 1.807) is 0 Å². The van der Waals surface area contributed by atoms with Gasteiger partial charge in [0, 0.05) is 12.3 Å². The monoisotopic (exact) mass is 292 g/mol. The van der Waals surface area contributed by atoms with Gasteiger partial charge in [-0.2, -0.15) is 13.2 Å². The number of rotatable bonds is 2. The summed E-state index contributed by atoms with van der Waals surface area (Å²) in [6.07, 6.45) is -4.56. The molecule has 1 unspecified atom stereocenters. The second-order valence-electron chi connectivity index (χ2n) is 4.61. The molecular weight excluding hydrogens is 280 g/mol. The molecule has 0 aliphatic carbocycles. The Balaban J connectivity index is 2.20. The predicted molar refractivity (Wildman–Crippen MR) is 62.4 cm³/mol. The van der Waals surface area contributed by atoms with Crippen molar-refractivity contribution >= 4 is 11.6 Å².